The molecule has 0 spiro atoms. The van der Waals surface area contributed by atoms with E-state index in [0.29, 0.717) is 0 Å². The zero-order valence-electron chi connectivity index (χ0n) is 10.1. The molecule has 0 bridgehead atoms. The third-order valence-corrected chi connectivity index (χ3v) is 4.25. The molecule has 1 aromatic rings. The molecule has 1 heterocycles. The van der Waals surface area contributed by atoms with Gasteiger partial charge in [0.1, 0.15) is 10.4 Å². The van der Waals surface area contributed by atoms with Crippen LogP contribution in [0.2, 0.25) is 0 Å². The minimum atomic E-state index is -0.721. The van der Waals surface area contributed by atoms with Crippen LogP contribution in [0.15, 0.2) is 0 Å². The molecule has 1 N–H and O–H groups in total. The molecule has 1 aromatic heterocycles. The fraction of sp³-hybridized carbons (Fsp3) is 0.667. The van der Waals surface area contributed by atoms with Crippen molar-refractivity contribution < 1.29 is 9.90 Å². The van der Waals surface area contributed by atoms with Crippen molar-refractivity contribution in [2.45, 2.75) is 51.4 Å². The lowest BCUT2D eigenvalue weighted by atomic mass is 9.91. The molecule has 0 atom stereocenters. The van der Waals surface area contributed by atoms with E-state index in [1.807, 2.05) is 6.92 Å². The molecule has 1 aliphatic carbocycles. The third kappa shape index (κ3) is 1.65. The maximum atomic E-state index is 11.2. The number of rotatable bonds is 2. The van der Waals surface area contributed by atoms with Crippen molar-refractivity contribution >= 4 is 17.3 Å². The van der Waals surface area contributed by atoms with Gasteiger partial charge >= 0.3 is 5.97 Å². The summed E-state index contributed by atoms with van der Waals surface area (Å²) in [5.74, 6) is -0.721. The molecule has 2 rings (SSSR count). The van der Waals surface area contributed by atoms with Crippen molar-refractivity contribution in [2.75, 3.05) is 0 Å². The molecule has 4 heteroatoms. The molecule has 16 heavy (non-hydrogen) atoms. The molecular weight excluding hydrogens is 222 g/mol. The second kappa shape index (κ2) is 3.29. The lowest BCUT2D eigenvalue weighted by molar-refractivity contribution is -0.140. The van der Waals surface area contributed by atoms with Gasteiger partial charge in [-0.25, -0.2) is 4.98 Å². The number of nitrogens with zero attached hydrogens (tertiary/aromatic N) is 1. The summed E-state index contributed by atoms with van der Waals surface area (Å²) in [6.45, 7) is 8.36. The average molecular weight is 239 g/mol. The van der Waals surface area contributed by atoms with Crippen molar-refractivity contribution in [1.82, 2.24) is 4.98 Å². The quantitative estimate of drug-likeness (QED) is 0.863. The summed E-state index contributed by atoms with van der Waals surface area (Å²) in [6, 6.07) is 0. The summed E-state index contributed by atoms with van der Waals surface area (Å²) in [5.41, 5.74) is 0.381. The van der Waals surface area contributed by atoms with E-state index in [0.717, 1.165) is 28.4 Å². The monoisotopic (exact) mass is 239 g/mol. The topological polar surface area (TPSA) is 50.2 Å². The normalized spacial score (nSPS) is 18.5. The predicted molar refractivity (Wildman–Crippen MR) is 64.1 cm³/mol. The van der Waals surface area contributed by atoms with Crippen molar-refractivity contribution in [3.8, 4) is 0 Å². The Hall–Kier alpha value is -0.900. The Bertz CT molecular complexity index is 438. The van der Waals surface area contributed by atoms with Gasteiger partial charge in [0.05, 0.1) is 5.69 Å². The van der Waals surface area contributed by atoms with E-state index in [-0.39, 0.29) is 5.41 Å². The number of aryl methyl sites for hydroxylation is 1. The van der Waals surface area contributed by atoms with Crippen molar-refractivity contribution in [2.24, 2.45) is 0 Å². The molecule has 1 saturated carbocycles. The maximum absolute atomic E-state index is 11.2. The number of hydrogen-bond acceptors (Lipinski definition) is 3. The Labute approximate surface area is 99.5 Å². The number of aliphatic carboxylic acids is 1. The van der Waals surface area contributed by atoms with E-state index in [4.69, 9.17) is 0 Å². The smallest absolute Gasteiger partial charge is 0.316 e. The summed E-state index contributed by atoms with van der Waals surface area (Å²) < 4.78 is 0. The fourth-order valence-corrected chi connectivity index (χ4v) is 3.30. The third-order valence-electron chi connectivity index (χ3n) is 3.08. The van der Waals surface area contributed by atoms with E-state index >= 15 is 0 Å². The van der Waals surface area contributed by atoms with Crippen molar-refractivity contribution in [3.05, 3.63) is 15.6 Å². The predicted octanol–water partition coefficient (Wildman–Crippen LogP) is 2.87. The first kappa shape index (κ1) is 11.6. The highest BCUT2D eigenvalue weighted by atomic mass is 32.1. The average Bonchev–Trinajstić information content (AvgIpc) is 2.83. The highest BCUT2D eigenvalue weighted by Gasteiger charge is 2.54. The number of hydrogen-bond donors (Lipinski definition) is 1. The summed E-state index contributed by atoms with van der Waals surface area (Å²) >= 11 is 1.55. The van der Waals surface area contributed by atoms with Gasteiger partial charge in [0.2, 0.25) is 0 Å². The molecule has 0 radical (unpaired) electrons. The van der Waals surface area contributed by atoms with E-state index < -0.39 is 11.4 Å². The molecule has 3 nitrogen and oxygen atoms in total. The first-order valence-corrected chi connectivity index (χ1v) is 6.31. The van der Waals surface area contributed by atoms with E-state index in [1.165, 1.54) is 0 Å². The lowest BCUT2D eigenvalue weighted by Gasteiger charge is -2.16. The number of aromatic nitrogens is 1. The van der Waals surface area contributed by atoms with Gasteiger partial charge in [-0.05, 0) is 19.8 Å². The minimum absolute atomic E-state index is 0.00653. The minimum Gasteiger partial charge on any atom is -0.481 e. The van der Waals surface area contributed by atoms with Crippen LogP contribution in [-0.4, -0.2) is 16.1 Å². The van der Waals surface area contributed by atoms with E-state index in [2.05, 4.69) is 25.8 Å². The van der Waals surface area contributed by atoms with Gasteiger partial charge in [-0.15, -0.1) is 11.3 Å². The van der Waals surface area contributed by atoms with Gasteiger partial charge in [-0.3, -0.25) is 4.79 Å². The van der Waals surface area contributed by atoms with Gasteiger partial charge in [-0.2, -0.15) is 0 Å². The van der Waals surface area contributed by atoms with Crippen LogP contribution in [0.1, 0.15) is 49.2 Å². The molecule has 0 unspecified atom stereocenters. The molecule has 1 aliphatic rings. The Morgan fingerprint density at radius 1 is 1.44 bits per heavy atom. The molecule has 88 valence electrons. The standard InChI is InChI=1S/C12H17NO2S/c1-7-8(11(2,3)4)13-9(16-7)12(5-6-12)10(14)15/h5-6H2,1-4H3,(H,14,15). The molecule has 1 fully saturated rings. The molecule has 0 aliphatic heterocycles. The number of thiazole rings is 1. The Kier molecular flexibility index (Phi) is 2.38. The van der Waals surface area contributed by atoms with Gasteiger partial charge in [0.25, 0.3) is 0 Å². The first-order chi connectivity index (χ1) is 7.27. The lowest BCUT2D eigenvalue weighted by Crippen LogP contribution is -2.20. The molecule has 0 amide bonds. The Balaban J connectivity index is 2.43. The second-order valence-electron chi connectivity index (χ2n) is 5.56. The van der Waals surface area contributed by atoms with Crippen LogP contribution in [-0.2, 0) is 15.6 Å². The number of carbonyl (C=O) groups is 1. The van der Waals surface area contributed by atoms with Gasteiger partial charge in [0.15, 0.2) is 0 Å². The Morgan fingerprint density at radius 3 is 2.31 bits per heavy atom. The summed E-state index contributed by atoms with van der Waals surface area (Å²) in [6.07, 6.45) is 1.47. The molecule has 0 aromatic carbocycles. The SMILES string of the molecule is Cc1sc(C2(C(=O)O)CC2)nc1C(C)(C)C. The fourth-order valence-electron chi connectivity index (χ4n) is 1.94. The van der Waals surface area contributed by atoms with Gasteiger partial charge in [0, 0.05) is 10.3 Å². The summed E-state index contributed by atoms with van der Waals surface area (Å²) in [5, 5.41) is 10.0. The van der Waals surface area contributed by atoms with E-state index in [9.17, 15) is 9.90 Å². The van der Waals surface area contributed by atoms with E-state index in [1.54, 1.807) is 11.3 Å². The second-order valence-corrected chi connectivity index (χ2v) is 6.76. The summed E-state index contributed by atoms with van der Waals surface area (Å²) in [4.78, 5) is 16.9. The van der Waals surface area contributed by atoms with Crippen LogP contribution in [0, 0.1) is 6.92 Å². The van der Waals surface area contributed by atoms with Gasteiger partial charge < -0.3 is 5.11 Å². The number of carboxylic acids is 1. The zero-order valence-corrected chi connectivity index (χ0v) is 10.9. The summed E-state index contributed by atoms with van der Waals surface area (Å²) in [7, 11) is 0. The Morgan fingerprint density at radius 2 is 2.00 bits per heavy atom. The maximum Gasteiger partial charge on any atom is 0.316 e. The van der Waals surface area contributed by atoms with Crippen LogP contribution in [0.4, 0.5) is 0 Å². The zero-order chi connectivity index (χ0) is 12.1. The van der Waals surface area contributed by atoms with Crippen molar-refractivity contribution in [3.63, 3.8) is 0 Å². The highest BCUT2D eigenvalue weighted by Crippen LogP contribution is 2.50. The van der Waals surface area contributed by atoms with Crippen LogP contribution in [0.3, 0.4) is 0 Å². The first-order valence-electron chi connectivity index (χ1n) is 5.49. The van der Waals surface area contributed by atoms with Gasteiger partial charge in [-0.1, -0.05) is 20.8 Å². The largest absolute Gasteiger partial charge is 0.481 e. The molecular formula is C12H17NO2S. The highest BCUT2D eigenvalue weighted by molar-refractivity contribution is 7.12. The van der Waals surface area contributed by atoms with Crippen LogP contribution < -0.4 is 0 Å². The van der Waals surface area contributed by atoms with Crippen molar-refractivity contribution in [1.29, 1.82) is 0 Å². The van der Waals surface area contributed by atoms with Crippen LogP contribution in [0.5, 0.6) is 0 Å². The van der Waals surface area contributed by atoms with Crippen LogP contribution in [0.25, 0.3) is 0 Å². The number of carboxylic acid groups (broad SMARTS) is 1. The van der Waals surface area contributed by atoms with Crippen LogP contribution >= 0.6 is 11.3 Å². The molecule has 0 saturated heterocycles.